The monoisotopic (exact) mass is 248 g/mol. The fourth-order valence-electron chi connectivity index (χ4n) is 2.32. The van der Waals surface area contributed by atoms with E-state index in [2.05, 4.69) is 10.4 Å². The molecule has 0 spiro atoms. The molecule has 0 bridgehead atoms. The quantitative estimate of drug-likeness (QED) is 0.617. The minimum Gasteiger partial charge on any atom is -0.339 e. The van der Waals surface area contributed by atoms with Gasteiger partial charge in [0.05, 0.1) is 0 Å². The third kappa shape index (κ3) is 2.98. The first-order chi connectivity index (χ1) is 8.70. The molecule has 0 atom stereocenters. The molecule has 98 valence electrons. The first-order valence-electron chi connectivity index (χ1n) is 6.45. The highest BCUT2D eigenvalue weighted by Gasteiger charge is 2.18. The van der Waals surface area contributed by atoms with Crippen LogP contribution in [0.15, 0.2) is 12.1 Å². The Morgan fingerprint density at radius 2 is 1.94 bits per heavy atom. The molecule has 0 radical (unpaired) electrons. The van der Waals surface area contributed by atoms with Crippen LogP contribution in [0.5, 0.6) is 0 Å². The molecule has 1 aromatic rings. The molecule has 18 heavy (non-hydrogen) atoms. The van der Waals surface area contributed by atoms with Gasteiger partial charge in [-0.3, -0.25) is 4.79 Å². The number of aryl methyl sites for hydroxylation is 1. The first kappa shape index (κ1) is 12.8. The van der Waals surface area contributed by atoms with Crippen LogP contribution in [0, 0.1) is 6.92 Å². The topological polar surface area (TPSA) is 71.2 Å². The highest BCUT2D eigenvalue weighted by molar-refractivity contribution is 5.95. The van der Waals surface area contributed by atoms with Crippen molar-refractivity contribution in [2.45, 2.75) is 32.6 Å². The van der Waals surface area contributed by atoms with Gasteiger partial charge in [0.15, 0.2) is 0 Å². The normalized spacial score (nSPS) is 16.2. The van der Waals surface area contributed by atoms with Gasteiger partial charge in [0, 0.05) is 24.3 Å². The average molecular weight is 248 g/mol. The van der Waals surface area contributed by atoms with Gasteiger partial charge < -0.3 is 10.3 Å². The summed E-state index contributed by atoms with van der Waals surface area (Å²) in [6.07, 6.45) is 4.62. The van der Waals surface area contributed by atoms with E-state index < -0.39 is 0 Å². The smallest absolute Gasteiger partial charge is 0.254 e. The average Bonchev–Trinajstić information content (AvgIpc) is 2.65. The Balaban J connectivity index is 2.18. The number of amides is 1. The van der Waals surface area contributed by atoms with Gasteiger partial charge in [-0.05, 0) is 31.9 Å². The van der Waals surface area contributed by atoms with Crippen molar-refractivity contribution in [2.24, 2.45) is 5.84 Å². The lowest BCUT2D eigenvalue weighted by molar-refractivity contribution is 0.0761. The lowest BCUT2D eigenvalue weighted by Crippen LogP contribution is -2.32. The number of hydrogen-bond acceptors (Lipinski definition) is 4. The van der Waals surface area contributed by atoms with Gasteiger partial charge >= 0.3 is 0 Å². The zero-order valence-electron chi connectivity index (χ0n) is 10.8. The Hall–Kier alpha value is -1.62. The summed E-state index contributed by atoms with van der Waals surface area (Å²) in [5.41, 5.74) is 3.96. The number of pyridine rings is 1. The number of likely N-dealkylation sites (tertiary alicyclic amines) is 1. The molecule has 1 aromatic heterocycles. The van der Waals surface area contributed by atoms with Crippen LogP contribution in [0.3, 0.4) is 0 Å². The number of carbonyl (C=O) groups excluding carboxylic acids is 1. The van der Waals surface area contributed by atoms with Crippen molar-refractivity contribution in [3.8, 4) is 0 Å². The largest absolute Gasteiger partial charge is 0.339 e. The van der Waals surface area contributed by atoms with Crippen LogP contribution >= 0.6 is 0 Å². The van der Waals surface area contributed by atoms with Crippen molar-refractivity contribution in [3.05, 3.63) is 23.4 Å². The van der Waals surface area contributed by atoms with E-state index >= 15 is 0 Å². The molecule has 0 aliphatic carbocycles. The number of nitrogens with one attached hydrogen (secondary N) is 1. The second kappa shape index (κ2) is 5.82. The van der Waals surface area contributed by atoms with Gasteiger partial charge in [-0.15, -0.1) is 0 Å². The minimum absolute atomic E-state index is 0.0823. The Morgan fingerprint density at radius 3 is 2.56 bits per heavy atom. The van der Waals surface area contributed by atoms with Gasteiger partial charge in [-0.2, -0.15) is 0 Å². The summed E-state index contributed by atoms with van der Waals surface area (Å²) >= 11 is 0. The standard InChI is InChI=1S/C13H20N4O/c1-10-8-11(9-12(15-10)16-14)13(18)17-6-4-2-3-5-7-17/h8-9H,2-7,14H2,1H3,(H,15,16). The number of hydrazine groups is 1. The summed E-state index contributed by atoms with van der Waals surface area (Å²) in [5.74, 6) is 5.97. The third-order valence-corrected chi connectivity index (χ3v) is 3.24. The zero-order valence-corrected chi connectivity index (χ0v) is 10.8. The number of nitrogen functional groups attached to an aromatic ring is 1. The number of rotatable bonds is 2. The zero-order chi connectivity index (χ0) is 13.0. The van der Waals surface area contributed by atoms with E-state index in [4.69, 9.17) is 5.84 Å². The molecule has 1 amide bonds. The molecule has 0 aromatic carbocycles. The summed E-state index contributed by atoms with van der Waals surface area (Å²) in [6, 6.07) is 3.52. The van der Waals surface area contributed by atoms with Crippen LogP contribution in [-0.4, -0.2) is 28.9 Å². The molecule has 0 saturated carbocycles. The summed E-state index contributed by atoms with van der Waals surface area (Å²) in [4.78, 5) is 18.5. The molecule has 1 fully saturated rings. The van der Waals surface area contributed by atoms with Crippen molar-refractivity contribution in [1.29, 1.82) is 0 Å². The summed E-state index contributed by atoms with van der Waals surface area (Å²) < 4.78 is 0. The molecule has 5 heteroatoms. The SMILES string of the molecule is Cc1cc(C(=O)N2CCCCCC2)cc(NN)n1. The lowest BCUT2D eigenvalue weighted by Gasteiger charge is -2.20. The van der Waals surface area contributed by atoms with Crippen molar-refractivity contribution >= 4 is 11.7 Å². The number of aromatic nitrogens is 1. The fourth-order valence-corrected chi connectivity index (χ4v) is 2.32. The molecule has 1 aliphatic rings. The predicted octanol–water partition coefficient (Wildman–Crippen LogP) is 1.69. The number of nitrogens with zero attached hydrogens (tertiary/aromatic N) is 2. The molecule has 0 unspecified atom stereocenters. The lowest BCUT2D eigenvalue weighted by atomic mass is 10.2. The highest BCUT2D eigenvalue weighted by atomic mass is 16.2. The summed E-state index contributed by atoms with van der Waals surface area (Å²) in [6.45, 7) is 3.57. The minimum atomic E-state index is 0.0823. The maximum Gasteiger partial charge on any atom is 0.254 e. The van der Waals surface area contributed by atoms with E-state index in [-0.39, 0.29) is 5.91 Å². The summed E-state index contributed by atoms with van der Waals surface area (Å²) in [7, 11) is 0. The molecule has 5 nitrogen and oxygen atoms in total. The number of hydrogen-bond donors (Lipinski definition) is 2. The number of carbonyl (C=O) groups is 1. The molecular formula is C13H20N4O. The Morgan fingerprint density at radius 1 is 1.28 bits per heavy atom. The molecule has 2 heterocycles. The van der Waals surface area contributed by atoms with Crippen LogP contribution in [0.1, 0.15) is 41.7 Å². The first-order valence-corrected chi connectivity index (χ1v) is 6.45. The number of nitrogens with two attached hydrogens (primary N) is 1. The maximum atomic E-state index is 12.4. The molecule has 3 N–H and O–H groups in total. The van der Waals surface area contributed by atoms with Crippen LogP contribution in [0.25, 0.3) is 0 Å². The van der Waals surface area contributed by atoms with Crippen molar-refractivity contribution < 1.29 is 4.79 Å². The van der Waals surface area contributed by atoms with E-state index in [0.717, 1.165) is 31.6 Å². The van der Waals surface area contributed by atoms with E-state index in [1.54, 1.807) is 6.07 Å². The Kier molecular flexibility index (Phi) is 4.15. The van der Waals surface area contributed by atoms with Crippen LogP contribution < -0.4 is 11.3 Å². The van der Waals surface area contributed by atoms with Crippen LogP contribution in [0.4, 0.5) is 5.82 Å². The van der Waals surface area contributed by atoms with Gasteiger partial charge in [0.2, 0.25) is 0 Å². The second-order valence-corrected chi connectivity index (χ2v) is 4.73. The highest BCUT2D eigenvalue weighted by Crippen LogP contribution is 2.15. The van der Waals surface area contributed by atoms with Gasteiger partial charge in [-0.25, -0.2) is 10.8 Å². The van der Waals surface area contributed by atoms with Crippen molar-refractivity contribution in [2.75, 3.05) is 18.5 Å². The van der Waals surface area contributed by atoms with Crippen LogP contribution in [-0.2, 0) is 0 Å². The van der Waals surface area contributed by atoms with Gasteiger partial charge in [0.25, 0.3) is 5.91 Å². The third-order valence-electron chi connectivity index (χ3n) is 3.24. The molecule has 1 saturated heterocycles. The van der Waals surface area contributed by atoms with E-state index in [9.17, 15) is 4.79 Å². The predicted molar refractivity (Wildman–Crippen MR) is 71.2 cm³/mol. The fraction of sp³-hybridized carbons (Fsp3) is 0.538. The maximum absolute atomic E-state index is 12.4. The van der Waals surface area contributed by atoms with Gasteiger partial charge in [-0.1, -0.05) is 12.8 Å². The molecule has 2 rings (SSSR count). The van der Waals surface area contributed by atoms with E-state index in [1.165, 1.54) is 12.8 Å². The van der Waals surface area contributed by atoms with E-state index in [0.29, 0.717) is 11.4 Å². The Bertz CT molecular complexity index is 425. The second-order valence-electron chi connectivity index (χ2n) is 4.73. The van der Waals surface area contributed by atoms with E-state index in [1.807, 2.05) is 17.9 Å². The molecular weight excluding hydrogens is 228 g/mol. The van der Waals surface area contributed by atoms with Crippen molar-refractivity contribution in [3.63, 3.8) is 0 Å². The van der Waals surface area contributed by atoms with Crippen molar-refractivity contribution in [1.82, 2.24) is 9.88 Å². The van der Waals surface area contributed by atoms with Crippen LogP contribution in [0.2, 0.25) is 0 Å². The van der Waals surface area contributed by atoms with Gasteiger partial charge in [0.1, 0.15) is 5.82 Å². The molecule has 1 aliphatic heterocycles. The number of anilines is 1. The summed E-state index contributed by atoms with van der Waals surface area (Å²) in [5, 5.41) is 0. The Labute approximate surface area is 107 Å².